The Morgan fingerprint density at radius 2 is 1.67 bits per heavy atom. The van der Waals surface area contributed by atoms with E-state index in [0.29, 0.717) is 0 Å². The fourth-order valence-electron chi connectivity index (χ4n) is 2.18. The van der Waals surface area contributed by atoms with Crippen molar-refractivity contribution in [3.8, 4) is 0 Å². The van der Waals surface area contributed by atoms with Crippen molar-refractivity contribution in [3.05, 3.63) is 58.7 Å². The van der Waals surface area contributed by atoms with Gasteiger partial charge in [-0.15, -0.1) is 0 Å². The molecule has 2 N–H and O–H groups in total. The van der Waals surface area contributed by atoms with Crippen LogP contribution in [0.5, 0.6) is 0 Å². The molecule has 3 heteroatoms. The molecule has 0 saturated heterocycles. The van der Waals surface area contributed by atoms with Gasteiger partial charge in [-0.1, -0.05) is 23.8 Å². The van der Waals surface area contributed by atoms with E-state index in [-0.39, 0.29) is 12.5 Å². The fourth-order valence-corrected chi connectivity index (χ4v) is 2.18. The molecule has 1 amide bonds. The minimum atomic E-state index is -0.0415. The molecule has 2 aromatic carbocycles. The van der Waals surface area contributed by atoms with Crippen molar-refractivity contribution in [1.29, 1.82) is 0 Å². The number of carbonyl (C=O) groups excluding carboxylic acids is 1. The van der Waals surface area contributed by atoms with Gasteiger partial charge in [-0.2, -0.15) is 0 Å². The van der Waals surface area contributed by atoms with Crippen molar-refractivity contribution in [1.82, 2.24) is 0 Å². The first-order chi connectivity index (χ1) is 9.95. The van der Waals surface area contributed by atoms with Gasteiger partial charge in [0.1, 0.15) is 0 Å². The Kier molecular flexibility index (Phi) is 4.63. The van der Waals surface area contributed by atoms with Crippen molar-refractivity contribution in [2.75, 3.05) is 17.2 Å². The quantitative estimate of drug-likeness (QED) is 0.891. The average Bonchev–Trinajstić information content (AvgIpc) is 2.43. The lowest BCUT2D eigenvalue weighted by molar-refractivity contribution is -0.114. The third-order valence-electron chi connectivity index (χ3n) is 3.62. The van der Waals surface area contributed by atoms with Crippen molar-refractivity contribution in [2.45, 2.75) is 27.7 Å². The van der Waals surface area contributed by atoms with Gasteiger partial charge in [-0.25, -0.2) is 0 Å². The summed E-state index contributed by atoms with van der Waals surface area (Å²) in [6.45, 7) is 8.44. The number of benzene rings is 2. The van der Waals surface area contributed by atoms with Crippen LogP contribution in [-0.2, 0) is 4.79 Å². The molecule has 2 aromatic rings. The summed E-state index contributed by atoms with van der Waals surface area (Å²) in [6.07, 6.45) is 0. The molecule has 0 spiro atoms. The first kappa shape index (κ1) is 15.1. The molecule has 0 aromatic heterocycles. The Morgan fingerprint density at radius 3 is 2.33 bits per heavy atom. The van der Waals surface area contributed by atoms with Crippen molar-refractivity contribution in [2.24, 2.45) is 0 Å². The van der Waals surface area contributed by atoms with Gasteiger partial charge in [0.25, 0.3) is 0 Å². The minimum Gasteiger partial charge on any atom is -0.376 e. The number of carbonyl (C=O) groups is 1. The van der Waals surface area contributed by atoms with Gasteiger partial charge in [0.05, 0.1) is 6.54 Å². The Morgan fingerprint density at radius 1 is 0.905 bits per heavy atom. The van der Waals surface area contributed by atoms with Gasteiger partial charge in [0.2, 0.25) is 5.91 Å². The van der Waals surface area contributed by atoms with Crippen LogP contribution >= 0.6 is 0 Å². The lowest BCUT2D eigenvalue weighted by Crippen LogP contribution is -2.22. The van der Waals surface area contributed by atoms with E-state index in [1.807, 2.05) is 32.0 Å². The Labute approximate surface area is 126 Å². The standard InChI is InChI=1S/C18H22N2O/c1-12-5-8-17(15(4)9-12)20-18(21)11-19-16-7-6-13(2)14(3)10-16/h5-10,19H,11H2,1-4H3,(H,20,21). The summed E-state index contributed by atoms with van der Waals surface area (Å²) >= 11 is 0. The number of aryl methyl sites for hydroxylation is 4. The largest absolute Gasteiger partial charge is 0.376 e. The first-order valence-electron chi connectivity index (χ1n) is 7.14. The van der Waals surface area contributed by atoms with Gasteiger partial charge in [0.15, 0.2) is 0 Å². The zero-order valence-electron chi connectivity index (χ0n) is 13.1. The van der Waals surface area contributed by atoms with Crippen LogP contribution in [0, 0.1) is 27.7 Å². The van der Waals surface area contributed by atoms with Crippen molar-refractivity contribution >= 4 is 17.3 Å². The average molecular weight is 282 g/mol. The molecule has 0 aliphatic heterocycles. The third kappa shape index (κ3) is 4.09. The van der Waals surface area contributed by atoms with E-state index in [1.54, 1.807) is 0 Å². The van der Waals surface area contributed by atoms with Gasteiger partial charge < -0.3 is 10.6 Å². The van der Waals surface area contributed by atoms with E-state index in [2.05, 4.69) is 42.7 Å². The summed E-state index contributed by atoms with van der Waals surface area (Å²) in [5.74, 6) is -0.0415. The van der Waals surface area contributed by atoms with Gasteiger partial charge in [0, 0.05) is 11.4 Å². The van der Waals surface area contributed by atoms with Crippen LogP contribution in [0.15, 0.2) is 36.4 Å². The van der Waals surface area contributed by atoms with Gasteiger partial charge >= 0.3 is 0 Å². The summed E-state index contributed by atoms with van der Waals surface area (Å²) in [7, 11) is 0. The molecule has 21 heavy (non-hydrogen) atoms. The summed E-state index contributed by atoms with van der Waals surface area (Å²) in [4.78, 5) is 12.0. The number of hydrogen-bond acceptors (Lipinski definition) is 2. The van der Waals surface area contributed by atoms with E-state index in [0.717, 1.165) is 16.9 Å². The molecule has 110 valence electrons. The molecular weight excluding hydrogens is 260 g/mol. The Balaban J connectivity index is 1.94. The van der Waals surface area contributed by atoms with Crippen LogP contribution in [0.3, 0.4) is 0 Å². The highest BCUT2D eigenvalue weighted by molar-refractivity contribution is 5.94. The molecule has 0 unspecified atom stereocenters. The van der Waals surface area contributed by atoms with E-state index < -0.39 is 0 Å². The van der Waals surface area contributed by atoms with Crippen LogP contribution in [0.1, 0.15) is 22.3 Å². The second kappa shape index (κ2) is 6.44. The van der Waals surface area contributed by atoms with E-state index in [1.165, 1.54) is 16.7 Å². The van der Waals surface area contributed by atoms with Crippen LogP contribution in [0.2, 0.25) is 0 Å². The maximum absolute atomic E-state index is 12.0. The van der Waals surface area contributed by atoms with Gasteiger partial charge in [-0.05, 0) is 62.6 Å². The number of amides is 1. The smallest absolute Gasteiger partial charge is 0.243 e. The number of rotatable bonds is 4. The fraction of sp³-hybridized carbons (Fsp3) is 0.278. The predicted molar refractivity (Wildman–Crippen MR) is 89.0 cm³/mol. The highest BCUT2D eigenvalue weighted by atomic mass is 16.1. The van der Waals surface area contributed by atoms with E-state index in [9.17, 15) is 4.79 Å². The molecule has 2 rings (SSSR count). The SMILES string of the molecule is Cc1ccc(NC(=O)CNc2ccc(C)c(C)c2)c(C)c1. The third-order valence-corrected chi connectivity index (χ3v) is 3.62. The normalized spacial score (nSPS) is 10.3. The molecule has 0 heterocycles. The Hall–Kier alpha value is -2.29. The first-order valence-corrected chi connectivity index (χ1v) is 7.14. The summed E-state index contributed by atoms with van der Waals surface area (Å²) in [6, 6.07) is 12.1. The molecule has 0 bridgehead atoms. The summed E-state index contributed by atoms with van der Waals surface area (Å²) < 4.78 is 0. The highest BCUT2D eigenvalue weighted by Crippen LogP contribution is 2.16. The molecule has 0 aliphatic carbocycles. The zero-order valence-corrected chi connectivity index (χ0v) is 13.1. The number of hydrogen-bond donors (Lipinski definition) is 2. The monoisotopic (exact) mass is 282 g/mol. The molecular formula is C18H22N2O. The van der Waals surface area contributed by atoms with E-state index in [4.69, 9.17) is 0 Å². The maximum Gasteiger partial charge on any atom is 0.243 e. The highest BCUT2D eigenvalue weighted by Gasteiger charge is 2.05. The molecule has 0 saturated carbocycles. The zero-order chi connectivity index (χ0) is 15.4. The topological polar surface area (TPSA) is 41.1 Å². The molecule has 0 aliphatic rings. The summed E-state index contributed by atoms with van der Waals surface area (Å²) in [5, 5.41) is 6.08. The van der Waals surface area contributed by atoms with Crippen LogP contribution in [0.25, 0.3) is 0 Å². The predicted octanol–water partition coefficient (Wildman–Crippen LogP) is 3.97. The Bertz CT molecular complexity index is 662. The maximum atomic E-state index is 12.0. The number of nitrogens with one attached hydrogen (secondary N) is 2. The lowest BCUT2D eigenvalue weighted by Gasteiger charge is -2.11. The summed E-state index contributed by atoms with van der Waals surface area (Å²) in [5.41, 5.74) is 6.57. The van der Waals surface area contributed by atoms with Crippen LogP contribution in [0.4, 0.5) is 11.4 Å². The van der Waals surface area contributed by atoms with Crippen LogP contribution < -0.4 is 10.6 Å². The van der Waals surface area contributed by atoms with Crippen molar-refractivity contribution in [3.63, 3.8) is 0 Å². The second-order valence-corrected chi connectivity index (χ2v) is 5.52. The van der Waals surface area contributed by atoms with Crippen molar-refractivity contribution < 1.29 is 4.79 Å². The molecule has 0 fully saturated rings. The van der Waals surface area contributed by atoms with Gasteiger partial charge in [-0.3, -0.25) is 4.79 Å². The molecule has 0 radical (unpaired) electrons. The number of anilines is 2. The lowest BCUT2D eigenvalue weighted by atomic mass is 10.1. The minimum absolute atomic E-state index is 0.0415. The molecule has 3 nitrogen and oxygen atoms in total. The van der Waals surface area contributed by atoms with Crippen LogP contribution in [-0.4, -0.2) is 12.5 Å². The van der Waals surface area contributed by atoms with E-state index >= 15 is 0 Å². The molecule has 0 atom stereocenters. The second-order valence-electron chi connectivity index (χ2n) is 5.52.